The Balaban J connectivity index is 1.39. The number of nitrogens with one attached hydrogen (secondary N) is 2. The van der Waals surface area contributed by atoms with E-state index in [1.165, 1.54) is 12.8 Å². The quantitative estimate of drug-likeness (QED) is 0.250. The van der Waals surface area contributed by atoms with Crippen molar-refractivity contribution < 1.29 is 4.79 Å². The summed E-state index contributed by atoms with van der Waals surface area (Å²) in [6, 6.07) is 22.8. The topological polar surface area (TPSA) is 66.9 Å². The lowest BCUT2D eigenvalue weighted by molar-refractivity contribution is 0.0937. The van der Waals surface area contributed by atoms with E-state index in [2.05, 4.69) is 52.0 Å². The molecular formula is C33H35ClN4O. The molecule has 2 N–H and O–H groups in total. The van der Waals surface area contributed by atoms with E-state index in [0.717, 1.165) is 66.1 Å². The fraction of sp³-hybridized carbons (Fsp3) is 0.364. The molecule has 2 saturated carbocycles. The van der Waals surface area contributed by atoms with E-state index in [-0.39, 0.29) is 17.4 Å². The third-order valence-corrected chi connectivity index (χ3v) is 8.92. The molecule has 6 rings (SSSR count). The minimum atomic E-state index is -0.352. The van der Waals surface area contributed by atoms with E-state index in [0.29, 0.717) is 22.6 Å². The smallest absolute Gasteiger partial charge is 0.255 e. The molecule has 3 aromatic carbocycles. The van der Waals surface area contributed by atoms with Gasteiger partial charge in [-0.05, 0) is 66.6 Å². The Morgan fingerprint density at radius 1 is 0.949 bits per heavy atom. The van der Waals surface area contributed by atoms with Crippen LogP contribution in [0.25, 0.3) is 10.8 Å². The number of hydrogen-bond acceptors (Lipinski definition) is 4. The molecule has 1 atom stereocenters. The van der Waals surface area contributed by atoms with Gasteiger partial charge in [0.1, 0.15) is 0 Å². The summed E-state index contributed by atoms with van der Waals surface area (Å²) in [6.45, 7) is 2.04. The number of carbonyl (C=O) groups excluding carboxylic acids is 1. The van der Waals surface area contributed by atoms with Gasteiger partial charge in [0.2, 0.25) is 5.95 Å². The first-order valence-electron chi connectivity index (χ1n) is 14.2. The van der Waals surface area contributed by atoms with Gasteiger partial charge in [-0.2, -0.15) is 0 Å². The summed E-state index contributed by atoms with van der Waals surface area (Å²) < 4.78 is 0. The van der Waals surface area contributed by atoms with Gasteiger partial charge in [0.05, 0.1) is 17.3 Å². The van der Waals surface area contributed by atoms with Gasteiger partial charge < -0.3 is 10.6 Å². The minimum absolute atomic E-state index is 0.141. The predicted molar refractivity (Wildman–Crippen MR) is 158 cm³/mol. The average Bonchev–Trinajstić information content (AvgIpc) is 3.66. The molecule has 39 heavy (non-hydrogen) atoms. The SMILES string of the molecule is CC(NC(=O)c1cnc(NC2CCCC2)nc1C1(c2ccc(Cl)cc2)CCCC1)c1cccc2ccccc12. The molecule has 200 valence electrons. The van der Waals surface area contributed by atoms with Crippen LogP contribution in [-0.2, 0) is 5.41 Å². The zero-order chi connectivity index (χ0) is 26.8. The van der Waals surface area contributed by atoms with Crippen LogP contribution in [-0.4, -0.2) is 21.9 Å². The molecule has 1 heterocycles. The lowest BCUT2D eigenvalue weighted by atomic mass is 9.74. The lowest BCUT2D eigenvalue weighted by Crippen LogP contribution is -2.34. The number of fused-ring (bicyclic) bond motifs is 1. The molecule has 0 saturated heterocycles. The fourth-order valence-electron chi connectivity index (χ4n) is 6.62. The van der Waals surface area contributed by atoms with Crippen LogP contribution in [0.15, 0.2) is 72.9 Å². The minimum Gasteiger partial charge on any atom is -0.351 e. The third kappa shape index (κ3) is 5.12. The molecule has 4 aromatic rings. The van der Waals surface area contributed by atoms with Crippen molar-refractivity contribution >= 4 is 34.2 Å². The summed E-state index contributed by atoms with van der Waals surface area (Å²) in [6.07, 6.45) is 10.5. The van der Waals surface area contributed by atoms with Gasteiger partial charge in [0.15, 0.2) is 0 Å². The van der Waals surface area contributed by atoms with Gasteiger partial charge in [-0.1, -0.05) is 91.9 Å². The Kier molecular flexibility index (Phi) is 7.26. The number of nitrogens with zero attached hydrogens (tertiary/aromatic N) is 2. The maximum atomic E-state index is 14.0. The van der Waals surface area contributed by atoms with Crippen LogP contribution in [0.4, 0.5) is 5.95 Å². The van der Waals surface area contributed by atoms with Crippen molar-refractivity contribution in [3.63, 3.8) is 0 Å². The normalized spacial score (nSPS) is 17.8. The van der Waals surface area contributed by atoms with Gasteiger partial charge in [-0.25, -0.2) is 9.97 Å². The van der Waals surface area contributed by atoms with Crippen molar-refractivity contribution in [3.8, 4) is 0 Å². The first kappa shape index (κ1) is 25.8. The highest BCUT2D eigenvalue weighted by Gasteiger charge is 2.42. The summed E-state index contributed by atoms with van der Waals surface area (Å²) in [5.74, 6) is 0.480. The highest BCUT2D eigenvalue weighted by molar-refractivity contribution is 6.30. The number of aromatic nitrogens is 2. The number of halogens is 1. The number of amides is 1. The number of rotatable bonds is 7. The van der Waals surface area contributed by atoms with E-state index in [4.69, 9.17) is 16.6 Å². The standard InChI is InChI=1S/C33H35ClN4O/c1-22(27-14-8-10-23-9-2-5-13-28(23)27)36-31(39)29-21-35-32(37-26-11-3-4-12-26)38-30(29)33(19-6-7-20-33)24-15-17-25(34)18-16-24/h2,5,8-10,13-18,21-22,26H,3-4,6-7,11-12,19-20H2,1H3,(H,36,39)(H,35,37,38). The van der Waals surface area contributed by atoms with Crippen LogP contribution in [0.5, 0.6) is 0 Å². The van der Waals surface area contributed by atoms with Crippen molar-refractivity contribution in [3.05, 3.63) is 100 Å². The molecular weight excluding hydrogens is 504 g/mol. The van der Waals surface area contributed by atoms with Crippen LogP contribution in [0, 0.1) is 0 Å². The molecule has 0 radical (unpaired) electrons. The Morgan fingerprint density at radius 3 is 2.44 bits per heavy atom. The fourth-order valence-corrected chi connectivity index (χ4v) is 6.75. The van der Waals surface area contributed by atoms with E-state index in [1.807, 2.05) is 37.3 Å². The first-order chi connectivity index (χ1) is 19.0. The summed E-state index contributed by atoms with van der Waals surface area (Å²) in [7, 11) is 0. The highest BCUT2D eigenvalue weighted by atomic mass is 35.5. The van der Waals surface area contributed by atoms with Crippen molar-refractivity contribution in [2.75, 3.05) is 5.32 Å². The summed E-state index contributed by atoms with van der Waals surface area (Å²) in [5.41, 5.74) is 3.27. The summed E-state index contributed by atoms with van der Waals surface area (Å²) in [5, 5.41) is 9.86. The third-order valence-electron chi connectivity index (χ3n) is 8.67. The lowest BCUT2D eigenvalue weighted by Gasteiger charge is -2.31. The molecule has 1 unspecified atom stereocenters. The van der Waals surface area contributed by atoms with Crippen LogP contribution in [0.3, 0.4) is 0 Å². The zero-order valence-corrected chi connectivity index (χ0v) is 23.2. The highest BCUT2D eigenvalue weighted by Crippen LogP contribution is 2.47. The van der Waals surface area contributed by atoms with Crippen LogP contribution in [0.2, 0.25) is 5.02 Å². The van der Waals surface area contributed by atoms with E-state index >= 15 is 0 Å². The van der Waals surface area contributed by atoms with Crippen molar-refractivity contribution in [1.82, 2.24) is 15.3 Å². The van der Waals surface area contributed by atoms with Gasteiger partial charge in [-0.3, -0.25) is 4.79 Å². The van der Waals surface area contributed by atoms with Crippen molar-refractivity contribution in [2.24, 2.45) is 0 Å². The second kappa shape index (κ2) is 11.0. The molecule has 1 aromatic heterocycles. The molecule has 0 spiro atoms. The molecule has 2 aliphatic carbocycles. The van der Waals surface area contributed by atoms with Crippen molar-refractivity contribution in [2.45, 2.75) is 75.8 Å². The largest absolute Gasteiger partial charge is 0.351 e. The summed E-state index contributed by atoms with van der Waals surface area (Å²) >= 11 is 6.27. The Morgan fingerprint density at radius 2 is 1.67 bits per heavy atom. The Labute approximate surface area is 235 Å². The second-order valence-corrected chi connectivity index (χ2v) is 11.6. The van der Waals surface area contributed by atoms with E-state index < -0.39 is 0 Å². The summed E-state index contributed by atoms with van der Waals surface area (Å²) in [4.78, 5) is 23.8. The maximum Gasteiger partial charge on any atom is 0.255 e. The first-order valence-corrected chi connectivity index (χ1v) is 14.6. The molecule has 2 aliphatic rings. The maximum absolute atomic E-state index is 14.0. The number of benzene rings is 3. The predicted octanol–water partition coefficient (Wildman–Crippen LogP) is 7.99. The van der Waals surface area contributed by atoms with Gasteiger partial charge in [0.25, 0.3) is 5.91 Å². The van der Waals surface area contributed by atoms with Gasteiger partial charge >= 0.3 is 0 Å². The van der Waals surface area contributed by atoms with Crippen LogP contribution >= 0.6 is 11.6 Å². The number of hydrogen-bond donors (Lipinski definition) is 2. The van der Waals surface area contributed by atoms with Crippen LogP contribution < -0.4 is 10.6 Å². The Hall–Kier alpha value is -3.44. The number of anilines is 1. The van der Waals surface area contributed by atoms with Crippen LogP contribution in [0.1, 0.15) is 91.5 Å². The zero-order valence-electron chi connectivity index (χ0n) is 22.4. The van der Waals surface area contributed by atoms with E-state index in [9.17, 15) is 4.79 Å². The van der Waals surface area contributed by atoms with E-state index in [1.54, 1.807) is 6.20 Å². The molecule has 5 nitrogen and oxygen atoms in total. The molecule has 6 heteroatoms. The van der Waals surface area contributed by atoms with Crippen molar-refractivity contribution in [1.29, 1.82) is 0 Å². The Bertz CT molecular complexity index is 1470. The van der Waals surface area contributed by atoms with Gasteiger partial charge in [0, 0.05) is 22.7 Å². The van der Waals surface area contributed by atoms with Gasteiger partial charge in [-0.15, -0.1) is 0 Å². The molecule has 0 bridgehead atoms. The molecule has 2 fully saturated rings. The second-order valence-electron chi connectivity index (χ2n) is 11.1. The monoisotopic (exact) mass is 538 g/mol. The number of carbonyl (C=O) groups is 1. The average molecular weight is 539 g/mol. The molecule has 1 amide bonds. The molecule has 0 aliphatic heterocycles.